The second-order valence-electron chi connectivity index (χ2n) is 8.74. The summed E-state index contributed by atoms with van der Waals surface area (Å²) in [6, 6.07) is 0.572. The molecule has 0 saturated heterocycles. The minimum atomic E-state index is -1.66. The number of carbonyl (C=O) groups is 5. The van der Waals surface area contributed by atoms with Crippen LogP contribution in [0.1, 0.15) is 38.7 Å². The Labute approximate surface area is 208 Å². The highest BCUT2D eigenvalue weighted by Gasteiger charge is 2.30. The number of aliphatic carboxylic acids is 2. The zero-order chi connectivity index (χ0) is 27.4. The minimum Gasteiger partial charge on any atom is -0.508 e. The number of aliphatic hydroxyl groups excluding tert-OH is 1. The third-order valence-electron chi connectivity index (χ3n) is 5.15. The van der Waals surface area contributed by atoms with Gasteiger partial charge in [-0.05, 0) is 36.5 Å². The second kappa shape index (κ2) is 14.6. The molecule has 0 aliphatic heterocycles. The number of amides is 3. The summed E-state index contributed by atoms with van der Waals surface area (Å²) in [7, 11) is 0. The highest BCUT2D eigenvalue weighted by Crippen LogP contribution is 2.12. The van der Waals surface area contributed by atoms with E-state index in [1.165, 1.54) is 24.3 Å². The number of benzene rings is 1. The number of phenolic OH excluding ortho intramolecular Hbond substituents is 1. The molecule has 0 aromatic heterocycles. The lowest BCUT2D eigenvalue weighted by atomic mass is 10.0. The van der Waals surface area contributed by atoms with Gasteiger partial charge in [-0.25, -0.2) is 4.79 Å². The third kappa shape index (κ3) is 10.7. The van der Waals surface area contributed by atoms with E-state index in [9.17, 15) is 29.1 Å². The number of hydrogen-bond acceptors (Lipinski definition) is 8. The predicted molar refractivity (Wildman–Crippen MR) is 127 cm³/mol. The van der Waals surface area contributed by atoms with Crippen LogP contribution in [0.4, 0.5) is 0 Å². The molecule has 36 heavy (non-hydrogen) atoms. The van der Waals surface area contributed by atoms with Crippen molar-refractivity contribution in [3.8, 4) is 5.75 Å². The highest BCUT2D eigenvalue weighted by molar-refractivity contribution is 5.94. The average molecular weight is 511 g/mol. The molecule has 0 heterocycles. The van der Waals surface area contributed by atoms with E-state index in [4.69, 9.17) is 21.1 Å². The largest absolute Gasteiger partial charge is 0.508 e. The Morgan fingerprint density at radius 3 is 1.89 bits per heavy atom. The summed E-state index contributed by atoms with van der Waals surface area (Å²) in [6.07, 6.45) is -0.602. The van der Waals surface area contributed by atoms with Gasteiger partial charge in [0, 0.05) is 12.8 Å². The Kier molecular flexibility index (Phi) is 12.3. The molecule has 0 spiro atoms. The van der Waals surface area contributed by atoms with Crippen LogP contribution in [0.15, 0.2) is 24.3 Å². The molecule has 9 N–H and O–H groups in total. The normalized spacial score (nSPS) is 14.2. The molecule has 0 bridgehead atoms. The van der Waals surface area contributed by atoms with E-state index < -0.39 is 66.9 Å². The van der Waals surface area contributed by atoms with Crippen molar-refractivity contribution in [3.05, 3.63) is 29.8 Å². The quantitative estimate of drug-likeness (QED) is 0.139. The highest BCUT2D eigenvalue weighted by atomic mass is 16.4. The molecule has 1 aromatic rings. The second-order valence-corrected chi connectivity index (χ2v) is 8.74. The number of carboxylic acid groups (broad SMARTS) is 2. The van der Waals surface area contributed by atoms with E-state index in [1.807, 2.05) is 19.2 Å². The fourth-order valence-corrected chi connectivity index (χ4v) is 3.24. The number of carbonyl (C=O) groups excluding carboxylic acids is 3. The van der Waals surface area contributed by atoms with Gasteiger partial charge < -0.3 is 42.1 Å². The summed E-state index contributed by atoms with van der Waals surface area (Å²) >= 11 is 0. The van der Waals surface area contributed by atoms with Crippen molar-refractivity contribution < 1.29 is 44.4 Å². The van der Waals surface area contributed by atoms with Crippen molar-refractivity contribution in [1.82, 2.24) is 16.0 Å². The molecule has 4 unspecified atom stereocenters. The van der Waals surface area contributed by atoms with Gasteiger partial charge in [0.1, 0.15) is 23.9 Å². The van der Waals surface area contributed by atoms with Crippen molar-refractivity contribution in [3.63, 3.8) is 0 Å². The number of carboxylic acids is 2. The fraction of sp³-hybridized carbons (Fsp3) is 0.522. The molecule has 4 atom stereocenters. The van der Waals surface area contributed by atoms with Gasteiger partial charge in [-0.3, -0.25) is 19.2 Å². The lowest BCUT2D eigenvalue weighted by Gasteiger charge is -2.25. The van der Waals surface area contributed by atoms with E-state index in [-0.39, 0.29) is 24.5 Å². The summed E-state index contributed by atoms with van der Waals surface area (Å²) in [4.78, 5) is 60.5. The van der Waals surface area contributed by atoms with Gasteiger partial charge in [0.15, 0.2) is 0 Å². The first-order valence-corrected chi connectivity index (χ1v) is 11.3. The van der Waals surface area contributed by atoms with Gasteiger partial charge >= 0.3 is 11.9 Å². The predicted octanol–water partition coefficient (Wildman–Crippen LogP) is -1.30. The van der Waals surface area contributed by atoms with E-state index in [2.05, 4.69) is 10.6 Å². The lowest BCUT2D eigenvalue weighted by Crippen LogP contribution is -2.58. The summed E-state index contributed by atoms with van der Waals surface area (Å²) < 4.78 is 0. The maximum absolute atomic E-state index is 13.1. The Morgan fingerprint density at radius 2 is 1.39 bits per heavy atom. The number of aromatic hydroxyl groups is 1. The summed E-state index contributed by atoms with van der Waals surface area (Å²) in [5.41, 5.74) is 6.48. The maximum atomic E-state index is 13.1. The van der Waals surface area contributed by atoms with Crippen molar-refractivity contribution in [1.29, 1.82) is 0 Å². The Hall–Kier alpha value is -3.71. The van der Waals surface area contributed by atoms with Gasteiger partial charge in [-0.1, -0.05) is 26.0 Å². The van der Waals surface area contributed by atoms with Crippen molar-refractivity contribution in [2.75, 3.05) is 6.61 Å². The summed E-state index contributed by atoms with van der Waals surface area (Å²) in [6.45, 7) is 2.82. The number of hydrogen-bond donors (Lipinski definition) is 8. The van der Waals surface area contributed by atoms with Crippen molar-refractivity contribution >= 4 is 29.7 Å². The number of nitrogens with one attached hydrogen (secondary N) is 3. The van der Waals surface area contributed by atoms with Crippen LogP contribution in [-0.2, 0) is 30.4 Å². The molecule has 0 aliphatic rings. The fourth-order valence-electron chi connectivity index (χ4n) is 3.24. The van der Waals surface area contributed by atoms with E-state index >= 15 is 0 Å². The van der Waals surface area contributed by atoms with Crippen LogP contribution in [0.3, 0.4) is 0 Å². The number of aliphatic hydroxyl groups is 1. The molecule has 13 heteroatoms. The molecule has 200 valence electrons. The van der Waals surface area contributed by atoms with Crippen molar-refractivity contribution in [2.45, 2.75) is 63.7 Å². The topological polar surface area (TPSA) is 228 Å². The first-order valence-electron chi connectivity index (χ1n) is 11.3. The molecular formula is C23H34N4O9. The smallest absolute Gasteiger partial charge is 0.328 e. The molecule has 0 radical (unpaired) electrons. The zero-order valence-corrected chi connectivity index (χ0v) is 20.1. The Bertz CT molecular complexity index is 921. The number of nitrogens with two attached hydrogens (primary N) is 1. The Morgan fingerprint density at radius 1 is 0.861 bits per heavy atom. The molecule has 0 saturated carbocycles. The molecule has 1 aromatic carbocycles. The standard InChI is InChI=1S/C23H34N4O9/c1-12(2)9-15(24)20(32)26-17(10-13-3-5-14(29)6-4-13)22(34)25-16(7-8-19(30)31)21(33)27-18(11-28)23(35)36/h3-6,12,15-18,28-29H,7-11,24H2,1-2H3,(H,25,34)(H,26,32)(H,27,33)(H,30,31)(H,35,36). The van der Waals surface area contributed by atoms with E-state index in [1.54, 1.807) is 0 Å². The number of phenols is 1. The van der Waals surface area contributed by atoms with Gasteiger partial charge in [-0.2, -0.15) is 0 Å². The van der Waals surface area contributed by atoms with Crippen LogP contribution in [0, 0.1) is 5.92 Å². The first kappa shape index (κ1) is 30.3. The van der Waals surface area contributed by atoms with Crippen LogP contribution in [-0.4, -0.2) is 80.9 Å². The summed E-state index contributed by atoms with van der Waals surface area (Å²) in [5.74, 6) is -5.15. The molecule has 0 fully saturated rings. The molecule has 1 rings (SSSR count). The lowest BCUT2D eigenvalue weighted by molar-refractivity contribution is -0.144. The maximum Gasteiger partial charge on any atom is 0.328 e. The monoisotopic (exact) mass is 510 g/mol. The third-order valence-corrected chi connectivity index (χ3v) is 5.15. The molecule has 3 amide bonds. The van der Waals surface area contributed by atoms with Crippen LogP contribution in [0.5, 0.6) is 5.75 Å². The molecule has 13 nitrogen and oxygen atoms in total. The van der Waals surface area contributed by atoms with E-state index in [0.717, 1.165) is 0 Å². The molecular weight excluding hydrogens is 476 g/mol. The van der Waals surface area contributed by atoms with Crippen LogP contribution in [0.2, 0.25) is 0 Å². The van der Waals surface area contributed by atoms with Gasteiger partial charge in [0.25, 0.3) is 0 Å². The van der Waals surface area contributed by atoms with Crippen molar-refractivity contribution in [2.24, 2.45) is 11.7 Å². The van der Waals surface area contributed by atoms with Crippen LogP contribution in [0.25, 0.3) is 0 Å². The van der Waals surface area contributed by atoms with Gasteiger partial charge in [0.05, 0.1) is 12.6 Å². The first-order chi connectivity index (χ1) is 16.8. The summed E-state index contributed by atoms with van der Waals surface area (Å²) in [5, 5.41) is 43.7. The average Bonchev–Trinajstić information content (AvgIpc) is 2.79. The minimum absolute atomic E-state index is 0.00924. The SMILES string of the molecule is CC(C)CC(N)C(=O)NC(Cc1ccc(O)cc1)C(=O)NC(CCC(=O)O)C(=O)NC(CO)C(=O)O. The van der Waals surface area contributed by atoms with E-state index in [0.29, 0.717) is 12.0 Å². The Balaban J connectivity index is 3.13. The number of rotatable bonds is 15. The van der Waals surface area contributed by atoms with Gasteiger partial charge in [0.2, 0.25) is 17.7 Å². The van der Waals surface area contributed by atoms with Crippen LogP contribution < -0.4 is 21.7 Å². The zero-order valence-electron chi connectivity index (χ0n) is 20.1. The van der Waals surface area contributed by atoms with Gasteiger partial charge in [-0.15, -0.1) is 0 Å². The molecule has 0 aliphatic carbocycles. The van der Waals surface area contributed by atoms with Crippen LogP contribution >= 0.6 is 0 Å².